The number of phenolic OH excluding ortho intramolecular Hbond substituents is 1. The lowest BCUT2D eigenvalue weighted by Gasteiger charge is -2.34. The molecule has 3 saturated heterocycles. The SMILES string of the molecule is C=CCOC(=O)NCC[C@@H](O)[C@@H]1NC(=O)[C@H]([C@H](O)Cc2ccc(O)c(OSOOO)c2)NC(=O)[C@@H]2C[C@H](O)CN2C(=O)[C@H]([C@H](C)O)NC(=O)[C@@H](NC(=O)c2ccc(-c3cc(-c4ccc(OCCCCCCCOC)cc4)on3)cc2)C[C@H](O)CNC(=O)[C@@H]2[C@@H](O)[C@H](C)CN2C1=O. The molecule has 8 amide bonds. The zero-order valence-corrected chi connectivity index (χ0v) is 53.8. The number of methoxy groups -OCH3 is 1. The lowest BCUT2D eigenvalue weighted by Crippen LogP contribution is -2.64. The Morgan fingerprint density at radius 2 is 1.47 bits per heavy atom. The van der Waals surface area contributed by atoms with Crippen molar-refractivity contribution in [3.63, 3.8) is 0 Å². The Balaban J connectivity index is 1.16. The van der Waals surface area contributed by atoms with Crippen molar-refractivity contribution in [3.8, 4) is 39.8 Å². The number of hydrogen-bond donors (Lipinski definition) is 14. The Bertz CT molecular complexity index is 3270. The number of fused-ring (bicyclic) bond motifs is 2. The van der Waals surface area contributed by atoms with Crippen molar-refractivity contribution in [3.05, 3.63) is 96.6 Å². The molecule has 0 aliphatic carbocycles. The van der Waals surface area contributed by atoms with Crippen molar-refractivity contribution in [1.82, 2.24) is 46.9 Å². The number of ether oxygens (including phenoxy) is 3. The quantitative estimate of drug-likeness (QED) is 0.0126. The number of carbonyl (C=O) groups excluding carboxylic acids is 8. The third-order valence-corrected chi connectivity index (χ3v) is 16.7. The molecule has 0 radical (unpaired) electrons. The first-order valence-corrected chi connectivity index (χ1v) is 31.8. The number of aliphatic hydroxyl groups excluding tert-OH is 6. The van der Waals surface area contributed by atoms with E-state index in [2.05, 4.69) is 53.0 Å². The van der Waals surface area contributed by atoms with Gasteiger partial charge in [0.1, 0.15) is 54.3 Å². The van der Waals surface area contributed by atoms with Gasteiger partial charge in [-0.1, -0.05) is 71.6 Å². The van der Waals surface area contributed by atoms with E-state index in [-0.39, 0.29) is 42.4 Å². The first-order valence-electron chi connectivity index (χ1n) is 31.1. The smallest absolute Gasteiger partial charge is 0.407 e. The number of nitrogens with one attached hydrogen (secondary N) is 6. The van der Waals surface area contributed by atoms with Gasteiger partial charge in [0.25, 0.3) is 18.2 Å². The normalized spacial score (nSPS) is 24.0. The van der Waals surface area contributed by atoms with Gasteiger partial charge in [0.05, 0.1) is 43.2 Å². The fourth-order valence-electron chi connectivity index (χ4n) is 11.1. The number of aromatic hydroxyl groups is 1. The van der Waals surface area contributed by atoms with Gasteiger partial charge in [-0.25, -0.2) is 10.1 Å². The number of unbranched alkanes of at least 4 members (excludes halogenated alkanes) is 4. The van der Waals surface area contributed by atoms with Gasteiger partial charge in [-0.15, -0.1) is 0 Å². The molecule has 3 aromatic carbocycles. The van der Waals surface area contributed by atoms with Gasteiger partial charge in [-0.3, -0.25) is 33.6 Å². The number of carbonyl (C=O) groups is 8. The van der Waals surface area contributed by atoms with Crippen molar-refractivity contribution in [1.29, 1.82) is 0 Å². The Morgan fingerprint density at radius 1 is 0.792 bits per heavy atom. The van der Waals surface area contributed by atoms with Crippen molar-refractivity contribution < 1.29 is 112 Å². The van der Waals surface area contributed by atoms with E-state index in [0.29, 0.717) is 29.4 Å². The fraction of sp³-hybridized carbons (Fsp3) is 0.508. The number of hydrogen-bond acceptors (Lipinski definition) is 25. The number of phenols is 1. The van der Waals surface area contributed by atoms with E-state index in [1.807, 2.05) is 24.3 Å². The summed E-state index contributed by atoms with van der Waals surface area (Å²) < 4.78 is 31.0. The lowest BCUT2D eigenvalue weighted by molar-refractivity contribution is -0.433. The third-order valence-electron chi connectivity index (χ3n) is 16.3. The summed E-state index contributed by atoms with van der Waals surface area (Å²) in [6.45, 7) is 5.09. The van der Waals surface area contributed by atoms with E-state index in [1.165, 1.54) is 31.2 Å². The maximum Gasteiger partial charge on any atom is 0.407 e. The summed E-state index contributed by atoms with van der Waals surface area (Å²) in [4.78, 5) is 116. The molecule has 0 spiro atoms. The molecular weight excluding hydrogens is 1280 g/mol. The van der Waals surface area contributed by atoms with Crippen LogP contribution in [-0.4, -0.2) is 229 Å². The van der Waals surface area contributed by atoms with Crippen LogP contribution in [0.3, 0.4) is 0 Å². The Labute approximate surface area is 556 Å². The second-order valence-corrected chi connectivity index (χ2v) is 23.9. The number of β-amino-alcohol motifs (C(OH)–C–C–N with tert-alkyl or cyclic N) is 1. The van der Waals surface area contributed by atoms with E-state index in [9.17, 15) is 74.1 Å². The zero-order chi connectivity index (χ0) is 69.6. The largest absolute Gasteiger partial charge is 0.504 e. The predicted octanol–water partition coefficient (Wildman–Crippen LogP) is 0.304. The molecule has 7 rings (SSSR count). The van der Waals surface area contributed by atoms with E-state index in [0.717, 1.165) is 73.1 Å². The summed E-state index contributed by atoms with van der Waals surface area (Å²) in [5, 5.41) is 110. The van der Waals surface area contributed by atoms with Crippen LogP contribution in [0.1, 0.15) is 81.1 Å². The van der Waals surface area contributed by atoms with Crippen LogP contribution in [0, 0.1) is 5.92 Å². The average molecular weight is 1370 g/mol. The number of rotatable bonds is 27. The van der Waals surface area contributed by atoms with Gasteiger partial charge in [0.2, 0.25) is 35.4 Å². The molecule has 14 N–H and O–H groups in total. The summed E-state index contributed by atoms with van der Waals surface area (Å²) in [6.07, 6.45) is -7.46. The standard InChI is InChI=1S/C63H83N9O23S/c1-5-23-91-63(87)64-22-21-47(77)53-62(86)72-32-34(2)55(79)54(72)60(84)65-31-40(74)28-44(66-56(80)39-14-12-37(13-15-39)43-30-49(92-70-43)38-16-18-42(19-17-38)90-25-10-8-6-7-9-24-89-4)57(81)67-51(35(3)73)61(85)71-33-41(75)29-45(71)58(82)68-52(59(83)69-53)48(78)26-36-11-20-46(76)50(27-36)93-96-95-94-88/h5,11-20,27,30,34-35,40-41,44-45,47-48,51-55,73-79,88H,1,6-10,21-26,28-29,31-33H2,2-4H3,(H,64,87)(H,65,84)(H,66,80)(H,67,81)(H,68,82)(H,69,83)/t34-,35+,40+,41+,44+,45+,47-,48-,51+,52+,53+,54+,55+/m1/s1. The maximum absolute atomic E-state index is 15.0. The van der Waals surface area contributed by atoms with Gasteiger partial charge in [0.15, 0.2) is 17.3 Å². The summed E-state index contributed by atoms with van der Waals surface area (Å²) in [7, 11) is 1.69. The fourth-order valence-corrected chi connectivity index (χ4v) is 11.4. The van der Waals surface area contributed by atoms with Gasteiger partial charge < -0.3 is 100 Å². The molecule has 32 nitrogen and oxygen atoms in total. The van der Waals surface area contributed by atoms with Crippen LogP contribution >= 0.6 is 12.3 Å². The summed E-state index contributed by atoms with van der Waals surface area (Å²) in [6, 6.07) is 6.93. The number of aromatic nitrogens is 1. The van der Waals surface area contributed by atoms with Crippen LogP contribution in [0.2, 0.25) is 0 Å². The second kappa shape index (κ2) is 36.6. The van der Waals surface area contributed by atoms with Crippen molar-refractivity contribution in [2.45, 2.75) is 145 Å². The van der Waals surface area contributed by atoms with Crippen molar-refractivity contribution >= 4 is 59.8 Å². The topological polar surface area (TPSA) is 458 Å². The van der Waals surface area contributed by atoms with Crippen molar-refractivity contribution in [2.24, 2.45) is 5.92 Å². The number of amides is 8. The van der Waals surface area contributed by atoms with Crippen LogP contribution in [0.25, 0.3) is 22.6 Å². The highest BCUT2D eigenvalue weighted by Gasteiger charge is 2.50. The molecule has 13 atom stereocenters. The monoisotopic (exact) mass is 1370 g/mol. The first-order chi connectivity index (χ1) is 46.0. The lowest BCUT2D eigenvalue weighted by atomic mass is 9.98. The molecule has 3 aliphatic rings. The molecule has 0 unspecified atom stereocenters. The Hall–Kier alpha value is -8.48. The molecule has 524 valence electrons. The van der Waals surface area contributed by atoms with Gasteiger partial charge >= 0.3 is 6.09 Å². The molecule has 4 aromatic rings. The van der Waals surface area contributed by atoms with Gasteiger partial charge in [-0.2, -0.15) is 0 Å². The zero-order valence-electron chi connectivity index (χ0n) is 53.0. The molecular formula is C63H83N9O23S. The average Bonchev–Trinajstić information content (AvgIpc) is 1.63. The van der Waals surface area contributed by atoms with Gasteiger partial charge in [0, 0.05) is 87.8 Å². The highest BCUT2D eigenvalue weighted by molar-refractivity contribution is 7.90. The van der Waals surface area contributed by atoms with Crippen LogP contribution in [-0.2, 0) is 54.0 Å². The maximum atomic E-state index is 15.0. The van der Waals surface area contributed by atoms with E-state index >= 15 is 0 Å². The highest BCUT2D eigenvalue weighted by Crippen LogP contribution is 2.32. The molecule has 0 bridgehead atoms. The van der Waals surface area contributed by atoms with E-state index in [1.54, 1.807) is 25.3 Å². The summed E-state index contributed by atoms with van der Waals surface area (Å²) >= 11 is 0.0603. The third kappa shape index (κ3) is 20.8. The Morgan fingerprint density at radius 3 is 2.17 bits per heavy atom. The van der Waals surface area contributed by atoms with Crippen LogP contribution < -0.4 is 40.8 Å². The first kappa shape index (κ1) is 74.9. The predicted molar refractivity (Wildman–Crippen MR) is 338 cm³/mol. The molecule has 33 heteroatoms. The highest BCUT2D eigenvalue weighted by atomic mass is 32.2. The summed E-state index contributed by atoms with van der Waals surface area (Å²) in [5.41, 5.74) is 1.74. The van der Waals surface area contributed by atoms with E-state index < -0.39 is 177 Å². The number of benzene rings is 3. The Kier molecular flexibility index (Phi) is 28.5. The van der Waals surface area contributed by atoms with Crippen molar-refractivity contribution in [2.75, 3.05) is 53.1 Å². The minimum absolute atomic E-state index is 0.0119. The van der Waals surface area contributed by atoms with E-state index in [4.69, 9.17) is 28.2 Å². The van der Waals surface area contributed by atoms with Crippen LogP contribution in [0.15, 0.2) is 90.0 Å². The number of aliphatic hydroxyl groups is 6. The summed E-state index contributed by atoms with van der Waals surface area (Å²) in [5.74, 6) is -8.65. The van der Waals surface area contributed by atoms with Crippen LogP contribution in [0.4, 0.5) is 4.79 Å². The molecule has 3 aliphatic heterocycles. The van der Waals surface area contributed by atoms with Gasteiger partial charge in [-0.05, 0) is 80.3 Å². The minimum atomic E-state index is -2.18. The minimum Gasteiger partial charge on any atom is -0.504 e. The number of alkyl carbamates (subject to hydrolysis) is 1. The molecule has 0 saturated carbocycles. The second-order valence-electron chi connectivity index (χ2n) is 23.5. The molecule has 1 aromatic heterocycles. The van der Waals surface area contributed by atoms with Crippen LogP contribution in [0.5, 0.6) is 17.2 Å². The molecule has 96 heavy (non-hydrogen) atoms. The molecule has 4 heterocycles. The molecule has 3 fully saturated rings. The number of nitrogens with zero attached hydrogens (tertiary/aromatic N) is 3.